The summed E-state index contributed by atoms with van der Waals surface area (Å²) in [5.74, 6) is 0.945. The molecule has 2 atom stereocenters. The highest BCUT2D eigenvalue weighted by atomic mass is 16.5. The number of fused-ring (bicyclic) bond motifs is 1. The molecule has 1 fully saturated rings. The lowest BCUT2D eigenvalue weighted by Gasteiger charge is -2.30. The van der Waals surface area contributed by atoms with E-state index < -0.39 is 0 Å². The van der Waals surface area contributed by atoms with Crippen LogP contribution >= 0.6 is 0 Å². The molecule has 1 aromatic carbocycles. The Bertz CT molecular complexity index is 441. The third-order valence-corrected chi connectivity index (χ3v) is 5.20. The molecule has 3 rings (SSSR count). The Kier molecular flexibility index (Phi) is 5.32. The molecule has 0 amide bonds. The Labute approximate surface area is 129 Å². The van der Waals surface area contributed by atoms with Crippen LogP contribution in [0.5, 0.6) is 0 Å². The van der Waals surface area contributed by atoms with Crippen LogP contribution in [0.15, 0.2) is 24.3 Å². The van der Waals surface area contributed by atoms with Crippen molar-refractivity contribution < 1.29 is 4.74 Å². The minimum atomic E-state index is 0.341. The smallest absolute Gasteiger partial charge is 0.0769 e. The van der Waals surface area contributed by atoms with Gasteiger partial charge in [0, 0.05) is 6.61 Å². The zero-order valence-electron chi connectivity index (χ0n) is 13.3. The summed E-state index contributed by atoms with van der Waals surface area (Å²) in [6.45, 7) is 4.14. The molecule has 0 radical (unpaired) electrons. The fraction of sp³-hybridized carbons (Fsp3) is 0.684. The third kappa shape index (κ3) is 3.67. The molecule has 1 N–H and O–H groups in total. The summed E-state index contributed by atoms with van der Waals surface area (Å²) >= 11 is 0. The summed E-state index contributed by atoms with van der Waals surface area (Å²) in [4.78, 5) is 0. The average molecular weight is 287 g/mol. The molecule has 0 bridgehead atoms. The minimum Gasteiger partial charge on any atom is -0.376 e. The van der Waals surface area contributed by atoms with Crippen molar-refractivity contribution in [2.75, 3.05) is 13.2 Å². The van der Waals surface area contributed by atoms with E-state index in [1.54, 1.807) is 0 Å². The van der Waals surface area contributed by atoms with Crippen molar-refractivity contribution in [3.8, 4) is 0 Å². The van der Waals surface area contributed by atoms with Gasteiger partial charge < -0.3 is 10.1 Å². The van der Waals surface area contributed by atoms with Crippen LogP contribution in [0.2, 0.25) is 0 Å². The van der Waals surface area contributed by atoms with Gasteiger partial charge in [-0.1, -0.05) is 50.5 Å². The average Bonchev–Trinajstić information content (AvgIpc) is 2.62. The molecular formula is C19H29NO. The van der Waals surface area contributed by atoms with E-state index in [4.69, 9.17) is 4.74 Å². The maximum absolute atomic E-state index is 6.33. The maximum Gasteiger partial charge on any atom is 0.0769 e. The number of hydrogen-bond donors (Lipinski definition) is 1. The van der Waals surface area contributed by atoms with E-state index in [0.717, 1.165) is 19.1 Å². The fourth-order valence-corrected chi connectivity index (χ4v) is 3.73. The molecule has 2 aliphatic rings. The molecule has 116 valence electrons. The molecule has 1 saturated carbocycles. The quantitative estimate of drug-likeness (QED) is 0.790. The highest BCUT2D eigenvalue weighted by Gasteiger charge is 2.28. The molecule has 0 aromatic heterocycles. The predicted octanol–water partition coefficient (Wildman–Crippen LogP) is 4.25. The van der Waals surface area contributed by atoms with Gasteiger partial charge in [-0.15, -0.1) is 0 Å². The summed E-state index contributed by atoms with van der Waals surface area (Å²) in [5, 5.41) is 3.67. The highest BCUT2D eigenvalue weighted by Crippen LogP contribution is 2.32. The van der Waals surface area contributed by atoms with Crippen LogP contribution < -0.4 is 5.32 Å². The van der Waals surface area contributed by atoms with Gasteiger partial charge in [-0.05, 0) is 49.3 Å². The Balaban J connectivity index is 1.65. The lowest BCUT2D eigenvalue weighted by molar-refractivity contribution is 0.00969. The van der Waals surface area contributed by atoms with Crippen LogP contribution in [0.3, 0.4) is 0 Å². The SMILES string of the molecule is CCNC1c2ccccc2CCCC1OCCC1CCC1. The Hall–Kier alpha value is -0.860. The maximum atomic E-state index is 6.33. The number of nitrogens with one attached hydrogen (secondary N) is 1. The Morgan fingerprint density at radius 3 is 2.76 bits per heavy atom. The van der Waals surface area contributed by atoms with Crippen molar-refractivity contribution in [2.45, 2.75) is 64.0 Å². The molecule has 0 aliphatic heterocycles. The standard InChI is InChI=1S/C19H29NO/c1-2-20-19-17-11-4-3-9-16(17)10-6-12-18(19)21-14-13-15-7-5-8-15/h3-4,9,11,15,18-20H,2,5-8,10,12-14H2,1H3. The third-order valence-electron chi connectivity index (χ3n) is 5.20. The second-order valence-electron chi connectivity index (χ2n) is 6.62. The van der Waals surface area contributed by atoms with Crippen LogP contribution in [0.25, 0.3) is 0 Å². The molecule has 21 heavy (non-hydrogen) atoms. The number of rotatable bonds is 6. The van der Waals surface area contributed by atoms with Crippen LogP contribution in [-0.4, -0.2) is 19.3 Å². The summed E-state index contributed by atoms with van der Waals surface area (Å²) in [7, 11) is 0. The summed E-state index contributed by atoms with van der Waals surface area (Å²) < 4.78 is 6.33. The first-order valence-corrected chi connectivity index (χ1v) is 8.81. The molecule has 2 nitrogen and oxygen atoms in total. The molecule has 2 unspecified atom stereocenters. The summed E-state index contributed by atoms with van der Waals surface area (Å²) in [6, 6.07) is 9.28. The van der Waals surface area contributed by atoms with Gasteiger partial charge in [0.05, 0.1) is 12.1 Å². The number of ether oxygens (including phenoxy) is 1. The Morgan fingerprint density at radius 2 is 2.00 bits per heavy atom. The topological polar surface area (TPSA) is 21.3 Å². The van der Waals surface area contributed by atoms with Gasteiger partial charge >= 0.3 is 0 Å². The van der Waals surface area contributed by atoms with Crippen molar-refractivity contribution in [3.05, 3.63) is 35.4 Å². The van der Waals surface area contributed by atoms with Crippen LogP contribution in [0.1, 0.15) is 62.6 Å². The number of hydrogen-bond acceptors (Lipinski definition) is 2. The lowest BCUT2D eigenvalue weighted by Crippen LogP contribution is -2.34. The van der Waals surface area contributed by atoms with Crippen LogP contribution in [-0.2, 0) is 11.2 Å². The fourth-order valence-electron chi connectivity index (χ4n) is 3.73. The zero-order chi connectivity index (χ0) is 14.5. The van der Waals surface area contributed by atoms with Crippen LogP contribution in [0, 0.1) is 5.92 Å². The monoisotopic (exact) mass is 287 g/mol. The molecule has 2 heteroatoms. The van der Waals surface area contributed by atoms with Crippen molar-refractivity contribution in [1.29, 1.82) is 0 Å². The molecule has 0 spiro atoms. The van der Waals surface area contributed by atoms with E-state index >= 15 is 0 Å². The first-order chi connectivity index (χ1) is 10.4. The van der Waals surface area contributed by atoms with E-state index in [-0.39, 0.29) is 0 Å². The first-order valence-electron chi connectivity index (χ1n) is 8.81. The van der Waals surface area contributed by atoms with E-state index in [1.165, 1.54) is 56.1 Å². The van der Waals surface area contributed by atoms with Gasteiger partial charge in [0.1, 0.15) is 0 Å². The van der Waals surface area contributed by atoms with E-state index in [1.807, 2.05) is 0 Å². The van der Waals surface area contributed by atoms with Crippen LogP contribution in [0.4, 0.5) is 0 Å². The molecule has 2 aliphatic carbocycles. The predicted molar refractivity (Wildman–Crippen MR) is 87.5 cm³/mol. The van der Waals surface area contributed by atoms with E-state index in [9.17, 15) is 0 Å². The number of likely N-dealkylation sites (N-methyl/N-ethyl adjacent to an activating group) is 1. The molecule has 0 saturated heterocycles. The first kappa shape index (κ1) is 15.1. The summed E-state index contributed by atoms with van der Waals surface area (Å²) in [5.41, 5.74) is 2.97. The van der Waals surface area contributed by atoms with E-state index in [0.29, 0.717) is 12.1 Å². The molecular weight excluding hydrogens is 258 g/mol. The number of benzene rings is 1. The van der Waals surface area contributed by atoms with Gasteiger partial charge in [-0.25, -0.2) is 0 Å². The van der Waals surface area contributed by atoms with E-state index in [2.05, 4.69) is 36.5 Å². The molecule has 1 aromatic rings. The van der Waals surface area contributed by atoms with Crippen molar-refractivity contribution >= 4 is 0 Å². The van der Waals surface area contributed by atoms with Crippen molar-refractivity contribution in [1.82, 2.24) is 5.32 Å². The van der Waals surface area contributed by atoms with Gasteiger partial charge in [-0.3, -0.25) is 0 Å². The highest BCUT2D eigenvalue weighted by molar-refractivity contribution is 5.32. The van der Waals surface area contributed by atoms with Crippen molar-refractivity contribution in [2.24, 2.45) is 5.92 Å². The normalized spacial score (nSPS) is 26.0. The van der Waals surface area contributed by atoms with Gasteiger partial charge in [0.15, 0.2) is 0 Å². The van der Waals surface area contributed by atoms with Gasteiger partial charge in [0.2, 0.25) is 0 Å². The van der Waals surface area contributed by atoms with Gasteiger partial charge in [-0.2, -0.15) is 0 Å². The number of aryl methyl sites for hydroxylation is 1. The Morgan fingerprint density at radius 1 is 1.14 bits per heavy atom. The second-order valence-corrected chi connectivity index (χ2v) is 6.62. The van der Waals surface area contributed by atoms with Gasteiger partial charge in [0.25, 0.3) is 0 Å². The zero-order valence-corrected chi connectivity index (χ0v) is 13.3. The lowest BCUT2D eigenvalue weighted by atomic mass is 9.83. The largest absolute Gasteiger partial charge is 0.376 e. The summed E-state index contributed by atoms with van der Waals surface area (Å²) in [6.07, 6.45) is 9.50. The second kappa shape index (κ2) is 7.42. The molecule has 0 heterocycles. The minimum absolute atomic E-state index is 0.341. The van der Waals surface area contributed by atoms with Crippen molar-refractivity contribution in [3.63, 3.8) is 0 Å².